The summed E-state index contributed by atoms with van der Waals surface area (Å²) in [5, 5.41) is 0. The van der Waals surface area contributed by atoms with E-state index in [0.29, 0.717) is 37.3 Å². The molecular weight excluding hydrogens is 376 g/mol. The van der Waals surface area contributed by atoms with Crippen molar-refractivity contribution in [1.82, 2.24) is 4.98 Å². The van der Waals surface area contributed by atoms with Gasteiger partial charge in [0.2, 0.25) is 0 Å². The molecule has 3 rings (SSSR count). The highest BCUT2D eigenvalue weighted by molar-refractivity contribution is 5.73. The van der Waals surface area contributed by atoms with E-state index in [1.165, 1.54) is 18.2 Å². The zero-order valence-electron chi connectivity index (χ0n) is 15.2. The molecule has 0 bridgehead atoms. The molecule has 8 heteroatoms. The van der Waals surface area contributed by atoms with Crippen LogP contribution in [0.1, 0.15) is 37.0 Å². The molecule has 28 heavy (non-hydrogen) atoms. The molecule has 1 aromatic carbocycles. The van der Waals surface area contributed by atoms with Crippen LogP contribution in [0.5, 0.6) is 0 Å². The van der Waals surface area contributed by atoms with Crippen LogP contribution in [0.15, 0.2) is 42.6 Å². The van der Waals surface area contributed by atoms with Gasteiger partial charge in [-0.3, -0.25) is 4.79 Å². The van der Waals surface area contributed by atoms with Gasteiger partial charge >= 0.3 is 12.1 Å². The van der Waals surface area contributed by atoms with Crippen molar-refractivity contribution < 1.29 is 27.1 Å². The lowest BCUT2D eigenvalue weighted by Crippen LogP contribution is -2.37. The van der Waals surface area contributed by atoms with Crippen LogP contribution in [0.2, 0.25) is 0 Å². The lowest BCUT2D eigenvalue weighted by Gasteiger charge is -2.32. The fraction of sp³-hybridized carbons (Fsp3) is 0.400. The number of hydrogen-bond donors (Lipinski definition) is 0. The Kier molecular flexibility index (Phi) is 5.86. The maximum Gasteiger partial charge on any atom is 0.417 e. The number of esters is 1. The van der Waals surface area contributed by atoms with Crippen molar-refractivity contribution in [2.45, 2.75) is 32.0 Å². The first kappa shape index (κ1) is 20.1. The topological polar surface area (TPSA) is 42.4 Å². The van der Waals surface area contributed by atoms with Crippen molar-refractivity contribution in [3.05, 3.63) is 59.5 Å². The molecule has 0 saturated carbocycles. The van der Waals surface area contributed by atoms with Crippen molar-refractivity contribution in [3.63, 3.8) is 0 Å². The van der Waals surface area contributed by atoms with Crippen molar-refractivity contribution in [2.24, 2.45) is 5.92 Å². The van der Waals surface area contributed by atoms with Gasteiger partial charge in [-0.2, -0.15) is 13.2 Å². The van der Waals surface area contributed by atoms with Crippen molar-refractivity contribution in [3.8, 4) is 0 Å². The van der Waals surface area contributed by atoms with E-state index in [-0.39, 0.29) is 17.7 Å². The fourth-order valence-electron chi connectivity index (χ4n) is 3.16. The molecule has 1 atom stereocenters. The van der Waals surface area contributed by atoms with E-state index < -0.39 is 17.8 Å². The Morgan fingerprint density at radius 2 is 1.79 bits per heavy atom. The van der Waals surface area contributed by atoms with Gasteiger partial charge in [0.15, 0.2) is 0 Å². The number of nitrogens with zero attached hydrogens (tertiary/aromatic N) is 2. The van der Waals surface area contributed by atoms with E-state index in [4.69, 9.17) is 4.74 Å². The average Bonchev–Trinajstić information content (AvgIpc) is 2.68. The number of ether oxygens (including phenoxy) is 1. The first-order chi connectivity index (χ1) is 13.2. The van der Waals surface area contributed by atoms with Gasteiger partial charge in [0.05, 0.1) is 11.5 Å². The Morgan fingerprint density at radius 3 is 2.32 bits per heavy atom. The van der Waals surface area contributed by atoms with E-state index in [1.807, 2.05) is 4.90 Å². The lowest BCUT2D eigenvalue weighted by atomic mass is 9.97. The molecule has 150 valence electrons. The first-order valence-corrected chi connectivity index (χ1v) is 8.98. The number of carbonyl (C=O) groups excluding carboxylic acids is 1. The summed E-state index contributed by atoms with van der Waals surface area (Å²) in [6.45, 7) is 2.73. The molecule has 1 unspecified atom stereocenters. The molecule has 0 aliphatic carbocycles. The van der Waals surface area contributed by atoms with Gasteiger partial charge in [-0.15, -0.1) is 0 Å². The molecule has 1 aliphatic heterocycles. The summed E-state index contributed by atoms with van der Waals surface area (Å²) in [5.74, 6) is -0.503. The highest BCUT2D eigenvalue weighted by Gasteiger charge is 2.32. The Bertz CT molecular complexity index is 798. The van der Waals surface area contributed by atoms with E-state index in [9.17, 15) is 22.4 Å². The number of carbonyl (C=O) groups is 1. The lowest BCUT2D eigenvalue weighted by molar-refractivity contribution is -0.154. The Balaban J connectivity index is 1.53. The summed E-state index contributed by atoms with van der Waals surface area (Å²) in [7, 11) is 0. The van der Waals surface area contributed by atoms with Crippen molar-refractivity contribution >= 4 is 11.8 Å². The molecule has 1 aromatic heterocycles. The second kappa shape index (κ2) is 8.16. The van der Waals surface area contributed by atoms with E-state index in [1.54, 1.807) is 19.1 Å². The molecule has 1 fully saturated rings. The maximum atomic E-state index is 13.0. The number of alkyl halides is 3. The smallest absolute Gasteiger partial charge is 0.417 e. The van der Waals surface area contributed by atoms with Crippen LogP contribution in [-0.2, 0) is 15.7 Å². The summed E-state index contributed by atoms with van der Waals surface area (Å²) in [4.78, 5) is 18.1. The van der Waals surface area contributed by atoms with Crippen LogP contribution in [0.3, 0.4) is 0 Å². The molecule has 1 saturated heterocycles. The molecule has 0 amide bonds. The quantitative estimate of drug-likeness (QED) is 0.552. The molecule has 0 N–H and O–H groups in total. The summed E-state index contributed by atoms with van der Waals surface area (Å²) < 4.78 is 56.4. The Hall–Kier alpha value is -2.64. The zero-order chi connectivity index (χ0) is 20.3. The minimum atomic E-state index is -4.41. The zero-order valence-corrected chi connectivity index (χ0v) is 15.2. The van der Waals surface area contributed by atoms with Crippen LogP contribution < -0.4 is 4.90 Å². The molecule has 2 aromatic rings. The van der Waals surface area contributed by atoms with E-state index in [2.05, 4.69) is 4.98 Å². The largest absolute Gasteiger partial charge is 0.458 e. The molecule has 2 heterocycles. The summed E-state index contributed by atoms with van der Waals surface area (Å²) in [6, 6.07) is 8.13. The Morgan fingerprint density at radius 1 is 1.14 bits per heavy atom. The van der Waals surface area contributed by atoms with Crippen LogP contribution in [0.25, 0.3) is 0 Å². The predicted octanol–water partition coefficient (Wildman–Crippen LogP) is 4.76. The van der Waals surface area contributed by atoms with E-state index >= 15 is 0 Å². The number of halogens is 4. The number of rotatable bonds is 4. The van der Waals surface area contributed by atoms with Gasteiger partial charge in [-0.05, 0) is 49.6 Å². The predicted molar refractivity (Wildman–Crippen MR) is 95.1 cm³/mol. The highest BCUT2D eigenvalue weighted by atomic mass is 19.4. The second-order valence-electron chi connectivity index (χ2n) is 6.79. The van der Waals surface area contributed by atoms with Gasteiger partial charge < -0.3 is 9.64 Å². The van der Waals surface area contributed by atoms with Crippen LogP contribution in [0.4, 0.5) is 23.4 Å². The number of benzene rings is 1. The third-order valence-electron chi connectivity index (χ3n) is 4.86. The summed E-state index contributed by atoms with van der Waals surface area (Å²) >= 11 is 0. The van der Waals surface area contributed by atoms with E-state index in [0.717, 1.165) is 12.3 Å². The summed E-state index contributed by atoms with van der Waals surface area (Å²) in [6.07, 6.45) is -3.03. The highest BCUT2D eigenvalue weighted by Crippen LogP contribution is 2.30. The molecule has 1 aliphatic rings. The number of anilines is 1. The van der Waals surface area contributed by atoms with Crippen LogP contribution >= 0.6 is 0 Å². The average molecular weight is 396 g/mol. The van der Waals surface area contributed by atoms with Crippen molar-refractivity contribution in [1.29, 1.82) is 0 Å². The third kappa shape index (κ3) is 4.79. The van der Waals surface area contributed by atoms with Crippen molar-refractivity contribution in [2.75, 3.05) is 18.0 Å². The molecule has 4 nitrogen and oxygen atoms in total. The number of pyridine rings is 1. The SMILES string of the molecule is CC(OC(=O)C1CCN(c2ccc(C(F)(F)F)cn2)CC1)c1ccc(F)cc1. The minimum Gasteiger partial charge on any atom is -0.458 e. The molecular formula is C20H20F4N2O2. The molecule has 0 spiro atoms. The maximum absolute atomic E-state index is 13.0. The van der Waals surface area contributed by atoms with Gasteiger partial charge in [-0.1, -0.05) is 12.1 Å². The Labute approximate surface area is 160 Å². The number of hydrogen-bond acceptors (Lipinski definition) is 4. The third-order valence-corrected chi connectivity index (χ3v) is 4.86. The molecule has 0 radical (unpaired) electrons. The standard InChI is InChI=1S/C20H20F4N2O2/c1-13(14-2-5-17(21)6-3-14)28-19(27)15-8-10-26(11-9-15)18-7-4-16(12-25-18)20(22,23)24/h2-7,12-13,15H,8-11H2,1H3. The first-order valence-electron chi connectivity index (χ1n) is 8.98. The van der Waals surface area contributed by atoms with Gasteiger partial charge in [-0.25, -0.2) is 9.37 Å². The van der Waals surface area contributed by atoms with Gasteiger partial charge in [0.25, 0.3) is 0 Å². The normalized spacial score (nSPS) is 16.7. The monoisotopic (exact) mass is 396 g/mol. The van der Waals surface area contributed by atoms with Gasteiger partial charge in [0, 0.05) is 19.3 Å². The van der Waals surface area contributed by atoms with Crippen LogP contribution in [-0.4, -0.2) is 24.0 Å². The number of piperidine rings is 1. The number of aromatic nitrogens is 1. The fourth-order valence-corrected chi connectivity index (χ4v) is 3.16. The van der Waals surface area contributed by atoms with Gasteiger partial charge in [0.1, 0.15) is 17.7 Å². The summed E-state index contributed by atoms with van der Waals surface area (Å²) in [5.41, 5.74) is -0.0781. The minimum absolute atomic E-state index is 0.284. The second-order valence-corrected chi connectivity index (χ2v) is 6.79. The van der Waals surface area contributed by atoms with Crippen LogP contribution in [0, 0.1) is 11.7 Å².